The molecule has 4 aromatic rings. The van der Waals surface area contributed by atoms with E-state index in [4.69, 9.17) is 0 Å². The fourth-order valence-electron chi connectivity index (χ4n) is 4.57. The molecule has 0 radical (unpaired) electrons. The molecule has 1 saturated heterocycles. The summed E-state index contributed by atoms with van der Waals surface area (Å²) in [6, 6.07) is 26.9. The summed E-state index contributed by atoms with van der Waals surface area (Å²) in [5, 5.41) is 12.5. The fourth-order valence-corrected chi connectivity index (χ4v) is 5.32. The highest BCUT2D eigenvalue weighted by molar-refractivity contribution is 7.18. The van der Waals surface area contributed by atoms with Crippen LogP contribution in [0.4, 0.5) is 5.13 Å². The SMILES string of the molecule is Cc1ccc(-c2nnc(NC(=O)c3ccc(CN4CCC(Cc5ccccc5)CC4)cc3)s2)cc1. The Labute approximate surface area is 210 Å². The first-order valence-electron chi connectivity index (χ1n) is 12.2. The van der Waals surface area contributed by atoms with Crippen molar-refractivity contribution in [3.63, 3.8) is 0 Å². The lowest BCUT2D eigenvalue weighted by Gasteiger charge is -2.32. The molecule has 1 fully saturated rings. The molecule has 0 aliphatic carbocycles. The highest BCUT2D eigenvalue weighted by atomic mass is 32.1. The van der Waals surface area contributed by atoms with Crippen molar-refractivity contribution in [2.75, 3.05) is 18.4 Å². The van der Waals surface area contributed by atoms with E-state index in [9.17, 15) is 4.79 Å². The minimum absolute atomic E-state index is 0.162. The molecule has 6 heteroatoms. The average Bonchev–Trinajstić information content (AvgIpc) is 3.35. The van der Waals surface area contributed by atoms with Crippen molar-refractivity contribution in [1.29, 1.82) is 0 Å². The molecule has 1 aliphatic heterocycles. The first-order valence-corrected chi connectivity index (χ1v) is 13.0. The van der Waals surface area contributed by atoms with Crippen LogP contribution < -0.4 is 5.32 Å². The molecule has 1 aliphatic rings. The molecular formula is C29H30N4OS. The second-order valence-electron chi connectivity index (χ2n) is 9.34. The van der Waals surface area contributed by atoms with Crippen molar-refractivity contribution < 1.29 is 4.79 Å². The van der Waals surface area contributed by atoms with Gasteiger partial charge in [-0.3, -0.25) is 15.0 Å². The second-order valence-corrected chi connectivity index (χ2v) is 10.3. The second kappa shape index (κ2) is 10.9. The Balaban J connectivity index is 1.11. The predicted molar refractivity (Wildman–Crippen MR) is 143 cm³/mol. The van der Waals surface area contributed by atoms with E-state index in [2.05, 4.69) is 69.8 Å². The summed E-state index contributed by atoms with van der Waals surface area (Å²) in [5.74, 6) is 0.608. The van der Waals surface area contributed by atoms with E-state index in [1.54, 1.807) is 0 Å². The van der Waals surface area contributed by atoms with Gasteiger partial charge in [0.05, 0.1) is 0 Å². The van der Waals surface area contributed by atoms with Gasteiger partial charge in [0, 0.05) is 17.7 Å². The Hall–Kier alpha value is -3.35. The summed E-state index contributed by atoms with van der Waals surface area (Å²) in [6.45, 7) is 5.23. The average molecular weight is 483 g/mol. The van der Waals surface area contributed by atoms with Gasteiger partial charge in [-0.1, -0.05) is 83.6 Å². The van der Waals surface area contributed by atoms with Crippen molar-refractivity contribution >= 4 is 22.4 Å². The van der Waals surface area contributed by atoms with Crippen molar-refractivity contribution in [3.05, 3.63) is 101 Å². The number of carbonyl (C=O) groups excluding carboxylic acids is 1. The molecule has 0 saturated carbocycles. The van der Waals surface area contributed by atoms with Gasteiger partial charge in [-0.25, -0.2) is 0 Å². The zero-order valence-electron chi connectivity index (χ0n) is 20.0. The summed E-state index contributed by atoms with van der Waals surface area (Å²) in [6.07, 6.45) is 3.66. The molecule has 35 heavy (non-hydrogen) atoms. The number of aryl methyl sites for hydroxylation is 1. The van der Waals surface area contributed by atoms with Crippen LogP contribution >= 0.6 is 11.3 Å². The Bertz CT molecular complexity index is 1240. The lowest BCUT2D eigenvalue weighted by molar-refractivity contribution is 0.102. The maximum absolute atomic E-state index is 12.7. The molecule has 2 heterocycles. The number of aromatic nitrogens is 2. The van der Waals surface area contributed by atoms with Crippen LogP contribution in [0.5, 0.6) is 0 Å². The van der Waals surface area contributed by atoms with Crippen LogP contribution in [0.1, 0.15) is 39.9 Å². The molecule has 178 valence electrons. The van der Waals surface area contributed by atoms with Gasteiger partial charge in [0.25, 0.3) is 5.91 Å². The zero-order valence-corrected chi connectivity index (χ0v) is 20.8. The molecule has 0 spiro atoms. The van der Waals surface area contributed by atoms with Crippen molar-refractivity contribution in [3.8, 4) is 10.6 Å². The molecule has 0 unspecified atom stereocenters. The third-order valence-corrected chi connectivity index (χ3v) is 7.53. The maximum Gasteiger partial charge on any atom is 0.257 e. The number of piperidine rings is 1. The van der Waals surface area contributed by atoms with E-state index in [1.807, 2.05) is 36.4 Å². The standard InChI is InChI=1S/C29H30N4OS/c1-21-7-11-26(12-8-21)28-31-32-29(35-28)30-27(34)25-13-9-24(10-14-25)20-33-17-15-23(16-18-33)19-22-5-3-2-4-6-22/h2-14,23H,15-20H2,1H3,(H,30,32,34). The molecule has 5 rings (SSSR count). The van der Waals surface area contributed by atoms with Gasteiger partial charge in [0.15, 0.2) is 0 Å². The van der Waals surface area contributed by atoms with E-state index in [0.29, 0.717) is 10.7 Å². The Morgan fingerprint density at radius 1 is 0.914 bits per heavy atom. The van der Waals surface area contributed by atoms with Crippen molar-refractivity contribution in [2.45, 2.75) is 32.7 Å². The summed E-state index contributed by atoms with van der Waals surface area (Å²) in [7, 11) is 0. The number of hydrogen-bond acceptors (Lipinski definition) is 5. The van der Waals surface area contributed by atoms with E-state index in [1.165, 1.54) is 47.3 Å². The number of benzene rings is 3. The molecule has 0 atom stereocenters. The Morgan fingerprint density at radius 2 is 1.63 bits per heavy atom. The lowest BCUT2D eigenvalue weighted by Crippen LogP contribution is -2.33. The fraction of sp³-hybridized carbons (Fsp3) is 0.276. The molecule has 5 nitrogen and oxygen atoms in total. The number of nitrogens with one attached hydrogen (secondary N) is 1. The lowest BCUT2D eigenvalue weighted by atomic mass is 9.90. The third kappa shape index (κ3) is 6.21. The molecule has 0 bridgehead atoms. The maximum atomic E-state index is 12.7. The molecule has 1 N–H and O–H groups in total. The Morgan fingerprint density at radius 3 is 2.34 bits per heavy atom. The van der Waals surface area contributed by atoms with Gasteiger partial charge >= 0.3 is 0 Å². The zero-order chi connectivity index (χ0) is 24.0. The quantitative estimate of drug-likeness (QED) is 0.340. The van der Waals surface area contributed by atoms with Crippen LogP contribution in [0.3, 0.4) is 0 Å². The van der Waals surface area contributed by atoms with Gasteiger partial charge in [-0.15, -0.1) is 10.2 Å². The van der Waals surface area contributed by atoms with Crippen LogP contribution in [-0.4, -0.2) is 34.1 Å². The summed E-state index contributed by atoms with van der Waals surface area (Å²) in [5.41, 5.74) is 5.51. The first-order chi connectivity index (χ1) is 17.1. The van der Waals surface area contributed by atoms with Crippen molar-refractivity contribution in [2.24, 2.45) is 5.92 Å². The third-order valence-electron chi connectivity index (χ3n) is 6.64. The van der Waals surface area contributed by atoms with E-state index in [-0.39, 0.29) is 5.91 Å². The first kappa shape index (κ1) is 23.4. The van der Waals surface area contributed by atoms with Crippen LogP contribution in [0.15, 0.2) is 78.9 Å². The van der Waals surface area contributed by atoms with E-state index >= 15 is 0 Å². The van der Waals surface area contributed by atoms with Gasteiger partial charge in [-0.2, -0.15) is 0 Å². The number of rotatable bonds is 7. The highest BCUT2D eigenvalue weighted by Crippen LogP contribution is 2.27. The van der Waals surface area contributed by atoms with Crippen LogP contribution in [0, 0.1) is 12.8 Å². The summed E-state index contributed by atoms with van der Waals surface area (Å²) in [4.78, 5) is 15.2. The number of carbonyl (C=O) groups is 1. The van der Waals surface area contributed by atoms with Crippen LogP contribution in [0.25, 0.3) is 10.6 Å². The topological polar surface area (TPSA) is 58.1 Å². The molecule has 1 aromatic heterocycles. The molecule has 3 aromatic carbocycles. The number of hydrogen-bond donors (Lipinski definition) is 1. The van der Waals surface area contributed by atoms with Crippen LogP contribution in [-0.2, 0) is 13.0 Å². The normalized spacial score (nSPS) is 14.7. The van der Waals surface area contributed by atoms with Gasteiger partial charge < -0.3 is 0 Å². The van der Waals surface area contributed by atoms with Crippen LogP contribution in [0.2, 0.25) is 0 Å². The number of amides is 1. The monoisotopic (exact) mass is 482 g/mol. The van der Waals surface area contributed by atoms with Gasteiger partial charge in [0.1, 0.15) is 5.01 Å². The van der Waals surface area contributed by atoms with E-state index < -0.39 is 0 Å². The highest BCUT2D eigenvalue weighted by Gasteiger charge is 2.20. The minimum atomic E-state index is -0.162. The van der Waals surface area contributed by atoms with Gasteiger partial charge in [0.2, 0.25) is 5.13 Å². The van der Waals surface area contributed by atoms with E-state index in [0.717, 1.165) is 36.1 Å². The largest absolute Gasteiger partial charge is 0.299 e. The molecular weight excluding hydrogens is 452 g/mol. The summed E-state index contributed by atoms with van der Waals surface area (Å²) < 4.78 is 0. The number of likely N-dealkylation sites (tertiary alicyclic amines) is 1. The number of nitrogens with zero attached hydrogens (tertiary/aromatic N) is 3. The molecule has 1 amide bonds. The Kier molecular flexibility index (Phi) is 7.31. The summed E-state index contributed by atoms with van der Waals surface area (Å²) >= 11 is 1.38. The minimum Gasteiger partial charge on any atom is -0.299 e. The smallest absolute Gasteiger partial charge is 0.257 e. The van der Waals surface area contributed by atoms with Crippen molar-refractivity contribution in [1.82, 2.24) is 15.1 Å². The number of anilines is 1. The predicted octanol–water partition coefficient (Wildman–Crippen LogP) is 6.22. The van der Waals surface area contributed by atoms with Gasteiger partial charge in [-0.05, 0) is 68.5 Å².